The van der Waals surface area contributed by atoms with Crippen LogP contribution >= 0.6 is 0 Å². The van der Waals surface area contributed by atoms with E-state index in [0.717, 1.165) is 25.8 Å². The molecule has 2 N–H and O–H groups in total. The number of nitrogens with two attached hydrogens (primary N) is 1. The summed E-state index contributed by atoms with van der Waals surface area (Å²) in [6.07, 6.45) is 3.11. The largest absolute Gasteiger partial charge is 0.330 e. The summed E-state index contributed by atoms with van der Waals surface area (Å²) in [5.74, 6) is 0.517. The van der Waals surface area contributed by atoms with Gasteiger partial charge in [0.25, 0.3) is 0 Å². The summed E-state index contributed by atoms with van der Waals surface area (Å²) in [5, 5.41) is 0. The number of unbranched alkanes of at least 4 members (excludes halogenated alkanes) is 1. The molecule has 0 aliphatic carbocycles. The van der Waals surface area contributed by atoms with Crippen molar-refractivity contribution in [2.24, 2.45) is 11.7 Å². The first-order chi connectivity index (χ1) is 4.68. The van der Waals surface area contributed by atoms with Crippen LogP contribution in [-0.4, -0.2) is 12.3 Å². The Morgan fingerprint density at radius 3 is 2.50 bits per heavy atom. The molecule has 0 aromatic carbocycles. The molecular weight excluding hydrogens is 126 g/mol. The van der Waals surface area contributed by atoms with E-state index in [2.05, 4.69) is 0 Å². The van der Waals surface area contributed by atoms with Crippen LogP contribution in [0, 0.1) is 5.92 Å². The minimum Gasteiger partial charge on any atom is -0.330 e. The lowest BCUT2D eigenvalue weighted by molar-refractivity contribution is -0.120. The molecule has 10 heavy (non-hydrogen) atoms. The Labute approximate surface area is 62.8 Å². The van der Waals surface area contributed by atoms with Gasteiger partial charge in [-0.1, -0.05) is 13.3 Å². The van der Waals surface area contributed by atoms with Crippen molar-refractivity contribution in [3.8, 4) is 0 Å². The highest BCUT2D eigenvalue weighted by Gasteiger charge is 2.05. The zero-order chi connectivity index (χ0) is 7.98. The molecule has 0 saturated carbocycles. The van der Waals surface area contributed by atoms with Crippen LogP contribution in [0.25, 0.3) is 0 Å². The smallest absolute Gasteiger partial charge is 0.132 e. The van der Waals surface area contributed by atoms with Crippen LogP contribution < -0.4 is 5.73 Å². The van der Waals surface area contributed by atoms with E-state index in [1.54, 1.807) is 6.92 Å². The van der Waals surface area contributed by atoms with Crippen LogP contribution in [0.2, 0.25) is 0 Å². The predicted octanol–water partition coefficient (Wildman–Crippen LogP) is 1.34. The second-order valence-corrected chi connectivity index (χ2v) is 2.80. The van der Waals surface area contributed by atoms with Gasteiger partial charge < -0.3 is 5.73 Å². The van der Waals surface area contributed by atoms with Crippen LogP contribution in [0.3, 0.4) is 0 Å². The van der Waals surface area contributed by atoms with E-state index in [0.29, 0.717) is 0 Å². The Hall–Kier alpha value is -0.370. The topological polar surface area (TPSA) is 43.1 Å². The minimum absolute atomic E-state index is 0.228. The average molecular weight is 143 g/mol. The van der Waals surface area contributed by atoms with Gasteiger partial charge in [0.15, 0.2) is 0 Å². The highest BCUT2D eigenvalue weighted by molar-refractivity contribution is 5.77. The zero-order valence-electron chi connectivity index (χ0n) is 6.89. The first kappa shape index (κ1) is 9.63. The second kappa shape index (κ2) is 5.42. The highest BCUT2D eigenvalue weighted by atomic mass is 16.1. The molecule has 0 fully saturated rings. The third-order valence-electron chi connectivity index (χ3n) is 1.79. The lowest BCUT2D eigenvalue weighted by atomic mass is 10.0. The fourth-order valence-electron chi connectivity index (χ4n) is 0.798. The zero-order valence-corrected chi connectivity index (χ0v) is 6.89. The van der Waals surface area contributed by atoms with Crippen LogP contribution in [0.15, 0.2) is 0 Å². The molecule has 0 spiro atoms. The average Bonchev–Trinajstić information content (AvgIpc) is 1.88. The van der Waals surface area contributed by atoms with Crippen LogP contribution in [0.1, 0.15) is 33.1 Å². The van der Waals surface area contributed by atoms with Gasteiger partial charge in [0.1, 0.15) is 5.78 Å². The monoisotopic (exact) mass is 143 g/mol. The first-order valence-corrected chi connectivity index (χ1v) is 3.89. The lowest BCUT2D eigenvalue weighted by Crippen LogP contribution is -2.07. The van der Waals surface area contributed by atoms with Gasteiger partial charge in [0, 0.05) is 5.92 Å². The molecule has 0 amide bonds. The molecule has 0 aliphatic rings. The van der Waals surface area contributed by atoms with E-state index in [1.807, 2.05) is 6.92 Å². The van der Waals surface area contributed by atoms with E-state index >= 15 is 0 Å². The standard InChI is InChI=1S/C8H17NO/c1-7(8(2)10)5-3-4-6-9/h7H,3-6,9H2,1-2H3. The second-order valence-electron chi connectivity index (χ2n) is 2.80. The van der Waals surface area contributed by atoms with Gasteiger partial charge >= 0.3 is 0 Å². The number of hydrogen-bond donors (Lipinski definition) is 1. The summed E-state index contributed by atoms with van der Waals surface area (Å²) in [4.78, 5) is 10.7. The van der Waals surface area contributed by atoms with Gasteiger partial charge in [0.2, 0.25) is 0 Å². The molecule has 0 aromatic heterocycles. The molecule has 0 radical (unpaired) electrons. The van der Waals surface area contributed by atoms with E-state index in [9.17, 15) is 4.79 Å². The maximum absolute atomic E-state index is 10.7. The molecule has 60 valence electrons. The maximum atomic E-state index is 10.7. The van der Waals surface area contributed by atoms with Gasteiger partial charge in [-0.25, -0.2) is 0 Å². The number of Topliss-reactive ketones (excluding diaryl/α,β-unsaturated/α-hetero) is 1. The maximum Gasteiger partial charge on any atom is 0.132 e. The number of rotatable bonds is 5. The SMILES string of the molecule is CC(=O)C(C)CCCCN. The molecular formula is C8H17NO. The molecule has 1 atom stereocenters. The summed E-state index contributed by atoms with van der Waals surface area (Å²) >= 11 is 0. The molecule has 0 rings (SSSR count). The van der Waals surface area contributed by atoms with Crippen molar-refractivity contribution in [3.63, 3.8) is 0 Å². The van der Waals surface area contributed by atoms with Crippen LogP contribution in [0.4, 0.5) is 0 Å². The van der Waals surface area contributed by atoms with E-state index < -0.39 is 0 Å². The van der Waals surface area contributed by atoms with Crippen molar-refractivity contribution in [3.05, 3.63) is 0 Å². The molecule has 0 heterocycles. The number of carbonyl (C=O) groups excluding carboxylic acids is 1. The quantitative estimate of drug-likeness (QED) is 0.590. The number of carbonyl (C=O) groups is 1. The first-order valence-electron chi connectivity index (χ1n) is 3.89. The molecule has 0 aliphatic heterocycles. The fourth-order valence-corrected chi connectivity index (χ4v) is 0.798. The summed E-state index contributed by atoms with van der Waals surface area (Å²) in [5.41, 5.74) is 5.31. The van der Waals surface area contributed by atoms with Gasteiger partial charge in [-0.15, -0.1) is 0 Å². The van der Waals surface area contributed by atoms with Crippen molar-refractivity contribution in [2.45, 2.75) is 33.1 Å². The molecule has 2 nitrogen and oxygen atoms in total. The predicted molar refractivity (Wildman–Crippen MR) is 42.8 cm³/mol. The Morgan fingerprint density at radius 1 is 1.50 bits per heavy atom. The lowest BCUT2D eigenvalue weighted by Gasteiger charge is -2.04. The summed E-state index contributed by atoms with van der Waals surface area (Å²) in [6.45, 7) is 4.36. The highest BCUT2D eigenvalue weighted by Crippen LogP contribution is 2.07. The summed E-state index contributed by atoms with van der Waals surface area (Å²) in [7, 11) is 0. The fraction of sp³-hybridized carbons (Fsp3) is 0.875. The molecule has 0 aromatic rings. The van der Waals surface area contributed by atoms with Crippen LogP contribution in [0.5, 0.6) is 0 Å². The van der Waals surface area contributed by atoms with Gasteiger partial charge in [-0.3, -0.25) is 4.79 Å². The van der Waals surface area contributed by atoms with Crippen molar-refractivity contribution >= 4 is 5.78 Å². The van der Waals surface area contributed by atoms with E-state index in [1.165, 1.54) is 0 Å². The normalized spacial score (nSPS) is 13.1. The summed E-state index contributed by atoms with van der Waals surface area (Å²) in [6, 6.07) is 0. The van der Waals surface area contributed by atoms with Crippen molar-refractivity contribution < 1.29 is 4.79 Å². The van der Waals surface area contributed by atoms with E-state index in [4.69, 9.17) is 5.73 Å². The Balaban J connectivity index is 3.21. The van der Waals surface area contributed by atoms with Crippen LogP contribution in [-0.2, 0) is 4.79 Å². The Bertz CT molecular complexity index is 101. The van der Waals surface area contributed by atoms with E-state index in [-0.39, 0.29) is 11.7 Å². The van der Waals surface area contributed by atoms with Crippen molar-refractivity contribution in [2.75, 3.05) is 6.54 Å². The van der Waals surface area contributed by atoms with Gasteiger partial charge in [0.05, 0.1) is 0 Å². The molecule has 0 bridgehead atoms. The molecule has 2 heteroatoms. The van der Waals surface area contributed by atoms with Gasteiger partial charge in [-0.05, 0) is 26.3 Å². The molecule has 0 saturated heterocycles. The third kappa shape index (κ3) is 4.50. The molecule has 1 unspecified atom stereocenters. The Morgan fingerprint density at radius 2 is 2.10 bits per heavy atom. The van der Waals surface area contributed by atoms with Gasteiger partial charge in [-0.2, -0.15) is 0 Å². The minimum atomic E-state index is 0.228. The third-order valence-corrected chi connectivity index (χ3v) is 1.79. The van der Waals surface area contributed by atoms with Crippen molar-refractivity contribution in [1.82, 2.24) is 0 Å². The number of hydrogen-bond acceptors (Lipinski definition) is 2. The summed E-state index contributed by atoms with van der Waals surface area (Å²) < 4.78 is 0. The number of ketones is 1. The van der Waals surface area contributed by atoms with Crippen molar-refractivity contribution in [1.29, 1.82) is 0 Å². The Kier molecular flexibility index (Phi) is 5.22.